The molecular formula is C21H22F2N2O2. The SMILES string of the molecule is CCc1nn(CCOC)cc1-c1ccc(OCc2ccccc2)c(F)c1F. The van der Waals surface area contributed by atoms with E-state index in [1.165, 1.54) is 12.1 Å². The Kier molecular flexibility index (Phi) is 6.19. The number of aromatic nitrogens is 2. The van der Waals surface area contributed by atoms with Crippen LogP contribution in [0, 0.1) is 11.6 Å². The second-order valence-corrected chi connectivity index (χ2v) is 6.11. The van der Waals surface area contributed by atoms with Crippen LogP contribution in [0.25, 0.3) is 11.1 Å². The minimum absolute atomic E-state index is 0.107. The number of rotatable bonds is 8. The number of hydrogen-bond acceptors (Lipinski definition) is 3. The van der Waals surface area contributed by atoms with Crippen LogP contribution in [-0.2, 0) is 24.3 Å². The summed E-state index contributed by atoms with van der Waals surface area (Å²) in [5, 5.41) is 4.43. The van der Waals surface area contributed by atoms with Gasteiger partial charge >= 0.3 is 0 Å². The number of benzene rings is 2. The summed E-state index contributed by atoms with van der Waals surface area (Å²) in [6, 6.07) is 12.3. The Morgan fingerprint density at radius 3 is 2.48 bits per heavy atom. The zero-order chi connectivity index (χ0) is 19.2. The summed E-state index contributed by atoms with van der Waals surface area (Å²) in [5.74, 6) is -2.03. The lowest BCUT2D eigenvalue weighted by molar-refractivity contribution is 0.183. The Labute approximate surface area is 157 Å². The summed E-state index contributed by atoms with van der Waals surface area (Å²) in [5.41, 5.74) is 2.36. The quantitative estimate of drug-likeness (QED) is 0.579. The van der Waals surface area contributed by atoms with Crippen molar-refractivity contribution in [2.45, 2.75) is 26.5 Å². The summed E-state index contributed by atoms with van der Waals surface area (Å²) >= 11 is 0. The van der Waals surface area contributed by atoms with Gasteiger partial charge in [0, 0.05) is 24.4 Å². The van der Waals surface area contributed by atoms with Crippen LogP contribution < -0.4 is 4.74 Å². The lowest BCUT2D eigenvalue weighted by Gasteiger charge is -2.10. The fourth-order valence-electron chi connectivity index (χ4n) is 2.83. The Balaban J connectivity index is 1.85. The molecule has 0 amide bonds. The highest BCUT2D eigenvalue weighted by molar-refractivity contribution is 5.67. The second-order valence-electron chi connectivity index (χ2n) is 6.11. The van der Waals surface area contributed by atoms with E-state index in [1.807, 2.05) is 37.3 Å². The molecule has 0 saturated heterocycles. The molecule has 3 aromatic rings. The minimum Gasteiger partial charge on any atom is -0.486 e. The Morgan fingerprint density at radius 1 is 1.00 bits per heavy atom. The van der Waals surface area contributed by atoms with Crippen molar-refractivity contribution >= 4 is 0 Å². The van der Waals surface area contributed by atoms with Crippen molar-refractivity contribution in [2.24, 2.45) is 0 Å². The number of aryl methyl sites for hydroxylation is 1. The van der Waals surface area contributed by atoms with Gasteiger partial charge in [-0.25, -0.2) is 4.39 Å². The lowest BCUT2D eigenvalue weighted by atomic mass is 10.0. The fourth-order valence-corrected chi connectivity index (χ4v) is 2.83. The summed E-state index contributed by atoms with van der Waals surface area (Å²) in [6.45, 7) is 3.14. The van der Waals surface area contributed by atoms with Gasteiger partial charge in [0.2, 0.25) is 5.82 Å². The molecule has 0 fully saturated rings. The summed E-state index contributed by atoms with van der Waals surface area (Å²) in [4.78, 5) is 0. The maximum atomic E-state index is 14.7. The minimum atomic E-state index is -0.991. The molecule has 4 nitrogen and oxygen atoms in total. The molecule has 0 unspecified atom stereocenters. The first-order chi connectivity index (χ1) is 13.1. The first-order valence-corrected chi connectivity index (χ1v) is 8.84. The van der Waals surface area contributed by atoms with Gasteiger partial charge in [-0.05, 0) is 24.1 Å². The standard InChI is InChI=1S/C21H22F2N2O2/c1-3-18-17(13-25(24-18)11-12-26-2)16-9-10-19(21(23)20(16)22)27-14-15-7-5-4-6-8-15/h4-10,13H,3,11-12,14H2,1-2H3. The first kappa shape index (κ1) is 19.0. The molecule has 142 valence electrons. The average molecular weight is 372 g/mol. The summed E-state index contributed by atoms with van der Waals surface area (Å²) in [6.07, 6.45) is 2.34. The van der Waals surface area contributed by atoms with Crippen molar-refractivity contribution in [1.29, 1.82) is 0 Å². The molecule has 2 aromatic carbocycles. The van der Waals surface area contributed by atoms with Gasteiger partial charge in [-0.3, -0.25) is 4.68 Å². The van der Waals surface area contributed by atoms with E-state index in [1.54, 1.807) is 18.0 Å². The Hall–Kier alpha value is -2.73. The van der Waals surface area contributed by atoms with E-state index >= 15 is 0 Å². The zero-order valence-electron chi connectivity index (χ0n) is 15.4. The van der Waals surface area contributed by atoms with Gasteiger partial charge in [-0.1, -0.05) is 37.3 Å². The largest absolute Gasteiger partial charge is 0.486 e. The highest BCUT2D eigenvalue weighted by atomic mass is 19.2. The van der Waals surface area contributed by atoms with E-state index in [0.717, 1.165) is 5.56 Å². The number of methoxy groups -OCH3 is 1. The number of hydrogen-bond donors (Lipinski definition) is 0. The average Bonchev–Trinajstić information content (AvgIpc) is 3.11. The second kappa shape index (κ2) is 8.77. The zero-order valence-corrected chi connectivity index (χ0v) is 15.4. The molecule has 0 aliphatic carbocycles. The molecule has 0 atom stereocenters. The third-order valence-electron chi connectivity index (χ3n) is 4.27. The van der Waals surface area contributed by atoms with Crippen LogP contribution in [0.3, 0.4) is 0 Å². The molecule has 0 bridgehead atoms. The molecule has 3 rings (SSSR count). The summed E-state index contributed by atoms with van der Waals surface area (Å²) < 4.78 is 41.5. The van der Waals surface area contributed by atoms with Gasteiger partial charge in [0.1, 0.15) is 6.61 Å². The van der Waals surface area contributed by atoms with Gasteiger partial charge < -0.3 is 9.47 Å². The molecule has 6 heteroatoms. The van der Waals surface area contributed by atoms with Crippen LogP contribution in [0.2, 0.25) is 0 Å². The van der Waals surface area contributed by atoms with Crippen molar-refractivity contribution < 1.29 is 18.3 Å². The lowest BCUT2D eigenvalue weighted by Crippen LogP contribution is -2.04. The molecule has 0 aliphatic rings. The van der Waals surface area contributed by atoms with Gasteiger partial charge in [0.15, 0.2) is 11.6 Å². The Bertz CT molecular complexity index is 895. The number of ether oxygens (including phenoxy) is 2. The molecule has 1 aromatic heterocycles. The van der Waals surface area contributed by atoms with Crippen LogP contribution in [0.5, 0.6) is 5.75 Å². The molecule has 0 saturated carbocycles. The van der Waals surface area contributed by atoms with Crippen LogP contribution in [0.4, 0.5) is 8.78 Å². The van der Waals surface area contributed by atoms with Crippen molar-refractivity contribution in [2.75, 3.05) is 13.7 Å². The first-order valence-electron chi connectivity index (χ1n) is 8.84. The van der Waals surface area contributed by atoms with Crippen LogP contribution in [0.1, 0.15) is 18.2 Å². The molecule has 0 N–H and O–H groups in total. The molecule has 27 heavy (non-hydrogen) atoms. The van der Waals surface area contributed by atoms with Crippen molar-refractivity contribution in [3.63, 3.8) is 0 Å². The monoisotopic (exact) mass is 372 g/mol. The highest BCUT2D eigenvalue weighted by Gasteiger charge is 2.19. The fraction of sp³-hybridized carbons (Fsp3) is 0.286. The van der Waals surface area contributed by atoms with E-state index in [4.69, 9.17) is 9.47 Å². The maximum Gasteiger partial charge on any atom is 0.201 e. The molecular weight excluding hydrogens is 350 g/mol. The third kappa shape index (κ3) is 4.34. The predicted octanol–water partition coefficient (Wildman–Crippen LogP) is 4.62. The normalized spacial score (nSPS) is 11.0. The van der Waals surface area contributed by atoms with Crippen molar-refractivity contribution in [3.8, 4) is 16.9 Å². The van der Waals surface area contributed by atoms with Gasteiger partial charge in [0.05, 0.1) is 18.8 Å². The Morgan fingerprint density at radius 2 is 1.78 bits per heavy atom. The molecule has 0 spiro atoms. The highest BCUT2D eigenvalue weighted by Crippen LogP contribution is 2.32. The van der Waals surface area contributed by atoms with Crippen molar-refractivity contribution in [3.05, 3.63) is 71.6 Å². The molecule has 0 aliphatic heterocycles. The van der Waals surface area contributed by atoms with Gasteiger partial charge in [-0.2, -0.15) is 9.49 Å². The topological polar surface area (TPSA) is 36.3 Å². The van der Waals surface area contributed by atoms with Crippen LogP contribution in [0.15, 0.2) is 48.7 Å². The number of halogens is 2. The van der Waals surface area contributed by atoms with Crippen molar-refractivity contribution in [1.82, 2.24) is 9.78 Å². The van der Waals surface area contributed by atoms with E-state index in [9.17, 15) is 8.78 Å². The number of nitrogens with zero attached hydrogens (tertiary/aromatic N) is 2. The maximum absolute atomic E-state index is 14.7. The van der Waals surface area contributed by atoms with Gasteiger partial charge in [0.25, 0.3) is 0 Å². The molecule has 0 radical (unpaired) electrons. The smallest absolute Gasteiger partial charge is 0.201 e. The van der Waals surface area contributed by atoms with Crippen LogP contribution in [-0.4, -0.2) is 23.5 Å². The predicted molar refractivity (Wildman–Crippen MR) is 99.6 cm³/mol. The van der Waals surface area contributed by atoms with E-state index in [2.05, 4.69) is 5.10 Å². The van der Waals surface area contributed by atoms with Crippen LogP contribution >= 0.6 is 0 Å². The summed E-state index contributed by atoms with van der Waals surface area (Å²) in [7, 11) is 1.61. The third-order valence-corrected chi connectivity index (χ3v) is 4.27. The van der Waals surface area contributed by atoms with E-state index < -0.39 is 11.6 Å². The molecule has 1 heterocycles. The van der Waals surface area contributed by atoms with E-state index in [-0.39, 0.29) is 17.9 Å². The van der Waals surface area contributed by atoms with Gasteiger partial charge in [-0.15, -0.1) is 0 Å². The van der Waals surface area contributed by atoms with E-state index in [0.29, 0.717) is 30.8 Å².